The van der Waals surface area contributed by atoms with E-state index in [1.807, 2.05) is 42.7 Å². The highest BCUT2D eigenvalue weighted by Gasteiger charge is 2.55. The van der Waals surface area contributed by atoms with Crippen molar-refractivity contribution in [2.24, 2.45) is 0 Å². The number of nitrogens with zero attached hydrogens (tertiary/aromatic N) is 3. The molecule has 10 heteroatoms. The average molecular weight is 620 g/mol. The standard InChI is InChI=1S/C23H31N3O4.C8H11F2P.C2H6/c1-6-26-21(27)25-14-17-11-15(2)12-18(29-4)20(17)16(3)13-19(25)23(26)7-9-24(10-8-23)22(28)30-5;9-8(10,11)6-7-4-2-1-3-5-7;1-2/h11-13,16H,6-10,14H2,1-5H3;2,4-5H,1,3,6,11H2;1-2H3. The van der Waals surface area contributed by atoms with E-state index in [2.05, 4.69) is 32.1 Å². The van der Waals surface area contributed by atoms with E-state index in [4.69, 9.17) is 9.47 Å². The molecule has 0 radical (unpaired) electrons. The molecule has 1 aromatic rings. The minimum absolute atomic E-state index is 0.0517. The van der Waals surface area contributed by atoms with Gasteiger partial charge in [-0.3, -0.25) is 4.90 Å². The molecule has 0 bridgehead atoms. The third kappa shape index (κ3) is 7.60. The van der Waals surface area contributed by atoms with Crippen LogP contribution >= 0.6 is 9.24 Å². The van der Waals surface area contributed by atoms with Gasteiger partial charge in [0.25, 0.3) is 5.66 Å². The molecule has 2 fully saturated rings. The van der Waals surface area contributed by atoms with Gasteiger partial charge in [-0.25, -0.2) is 18.4 Å². The van der Waals surface area contributed by atoms with Gasteiger partial charge in [0.05, 0.1) is 26.3 Å². The van der Waals surface area contributed by atoms with E-state index in [1.54, 1.807) is 27.3 Å². The van der Waals surface area contributed by atoms with E-state index in [0.29, 0.717) is 39.0 Å². The summed E-state index contributed by atoms with van der Waals surface area (Å²) in [6.45, 7) is 12.6. The minimum atomic E-state index is -2.65. The molecule has 1 aromatic carbocycles. The lowest BCUT2D eigenvalue weighted by Crippen LogP contribution is -2.54. The first kappa shape index (κ1) is 34.6. The first-order valence-electron chi connectivity index (χ1n) is 15.3. The summed E-state index contributed by atoms with van der Waals surface area (Å²) in [4.78, 5) is 31.2. The van der Waals surface area contributed by atoms with Gasteiger partial charge in [-0.1, -0.05) is 60.4 Å². The molecule has 5 rings (SSSR count). The van der Waals surface area contributed by atoms with Crippen LogP contribution in [0.15, 0.2) is 47.7 Å². The molecule has 2 unspecified atom stereocenters. The van der Waals surface area contributed by atoms with E-state index < -0.39 is 5.66 Å². The number of carbonyl (C=O) groups is 2. The Morgan fingerprint density at radius 2 is 1.84 bits per heavy atom. The van der Waals surface area contributed by atoms with Crippen molar-refractivity contribution in [1.82, 2.24) is 14.7 Å². The van der Waals surface area contributed by atoms with Gasteiger partial charge in [0.15, 0.2) is 0 Å². The number of hydrogen-bond donors (Lipinski definition) is 0. The molecule has 4 aliphatic rings. The van der Waals surface area contributed by atoms with Crippen molar-refractivity contribution >= 4 is 21.4 Å². The van der Waals surface area contributed by atoms with Gasteiger partial charge in [-0.05, 0) is 62.3 Å². The summed E-state index contributed by atoms with van der Waals surface area (Å²) in [5, 5.41) is 0. The molecule has 43 heavy (non-hydrogen) atoms. The maximum Gasteiger partial charge on any atom is 0.409 e. The Bertz CT molecular complexity index is 1250. The predicted octanol–water partition coefficient (Wildman–Crippen LogP) is 8.01. The number of halogens is 2. The van der Waals surface area contributed by atoms with Crippen molar-refractivity contribution in [2.75, 3.05) is 33.9 Å². The summed E-state index contributed by atoms with van der Waals surface area (Å²) < 4.78 is 35.4. The second-order valence-corrected chi connectivity index (χ2v) is 12.0. The lowest BCUT2D eigenvalue weighted by Gasteiger charge is -2.43. The van der Waals surface area contributed by atoms with Gasteiger partial charge in [0, 0.05) is 43.2 Å². The van der Waals surface area contributed by atoms with Crippen LogP contribution in [0.3, 0.4) is 0 Å². The van der Waals surface area contributed by atoms with Crippen molar-refractivity contribution < 1.29 is 27.8 Å². The fourth-order valence-electron chi connectivity index (χ4n) is 6.59. The first-order valence-corrected chi connectivity index (χ1v) is 15.9. The third-order valence-electron chi connectivity index (χ3n) is 8.38. The Labute approximate surface area is 258 Å². The lowest BCUT2D eigenvalue weighted by molar-refractivity contribution is 0.0747. The van der Waals surface area contributed by atoms with Crippen LogP contribution in [-0.2, 0) is 11.3 Å². The Morgan fingerprint density at radius 1 is 1.16 bits per heavy atom. The highest BCUT2D eigenvalue weighted by molar-refractivity contribution is 7.18. The van der Waals surface area contributed by atoms with E-state index in [9.17, 15) is 18.4 Å². The molecule has 3 heterocycles. The van der Waals surface area contributed by atoms with Crippen molar-refractivity contribution in [2.45, 2.75) is 90.4 Å². The molecule has 2 saturated heterocycles. The number of aryl methyl sites for hydroxylation is 1. The molecule has 238 valence electrons. The number of likely N-dealkylation sites (tertiary alicyclic amines) is 1. The first-order chi connectivity index (χ1) is 20.4. The summed E-state index contributed by atoms with van der Waals surface area (Å²) >= 11 is 0. The second kappa shape index (κ2) is 14.7. The minimum Gasteiger partial charge on any atom is -0.496 e. The molecule has 1 spiro atoms. The fourth-order valence-corrected chi connectivity index (χ4v) is 6.82. The quantitative estimate of drug-likeness (QED) is 0.321. The third-order valence-corrected chi connectivity index (χ3v) is 8.59. The summed E-state index contributed by atoms with van der Waals surface area (Å²) in [6, 6.07) is 4.28. The molecule has 7 nitrogen and oxygen atoms in total. The fraction of sp³-hybridized carbons (Fsp3) is 0.576. The van der Waals surface area contributed by atoms with Crippen LogP contribution in [0, 0.1) is 6.92 Å². The normalized spacial score (nSPS) is 20.5. The second-order valence-electron chi connectivity index (χ2n) is 11.2. The van der Waals surface area contributed by atoms with Crippen LogP contribution in [0.1, 0.15) is 82.4 Å². The van der Waals surface area contributed by atoms with Crippen LogP contribution in [-0.4, -0.2) is 71.9 Å². The molecule has 2 atom stereocenters. The summed E-state index contributed by atoms with van der Waals surface area (Å²) in [7, 11) is 4.67. The van der Waals surface area contributed by atoms with Crippen molar-refractivity contribution in [3.8, 4) is 5.75 Å². The van der Waals surface area contributed by atoms with Gasteiger partial charge < -0.3 is 19.3 Å². The van der Waals surface area contributed by atoms with E-state index >= 15 is 0 Å². The maximum absolute atomic E-state index is 13.5. The molecule has 0 aromatic heterocycles. The van der Waals surface area contributed by atoms with Gasteiger partial charge >= 0.3 is 12.1 Å². The average Bonchev–Trinajstić information content (AvgIpc) is 3.08. The van der Waals surface area contributed by atoms with Crippen LogP contribution in [0.4, 0.5) is 18.4 Å². The largest absolute Gasteiger partial charge is 0.496 e. The number of carbonyl (C=O) groups excluding carboxylic acids is 2. The summed E-state index contributed by atoms with van der Waals surface area (Å²) in [5.41, 5.74) is 2.21. The lowest BCUT2D eigenvalue weighted by atomic mass is 9.82. The van der Waals surface area contributed by atoms with E-state index in [1.165, 1.54) is 7.11 Å². The number of likely N-dealkylation sites (N-methyl/N-ethyl adjacent to an activating group) is 1. The molecule has 3 aliphatic heterocycles. The Balaban J connectivity index is 0.000000327. The Kier molecular flexibility index (Phi) is 11.8. The smallest absolute Gasteiger partial charge is 0.409 e. The number of fused-ring (bicyclic) bond motifs is 3. The number of methoxy groups -OCH3 is 2. The summed E-state index contributed by atoms with van der Waals surface area (Å²) in [6.07, 6.45) is 10.7. The zero-order valence-electron chi connectivity index (χ0n) is 26.7. The van der Waals surface area contributed by atoms with Crippen LogP contribution in [0.25, 0.3) is 0 Å². The Morgan fingerprint density at radius 3 is 2.37 bits per heavy atom. The number of allylic oxidation sites excluding steroid dienone is 5. The van der Waals surface area contributed by atoms with Crippen LogP contribution in [0.2, 0.25) is 0 Å². The maximum atomic E-state index is 13.5. The van der Waals surface area contributed by atoms with E-state index in [0.717, 1.165) is 46.6 Å². The topological polar surface area (TPSA) is 62.3 Å². The van der Waals surface area contributed by atoms with Crippen molar-refractivity contribution in [3.05, 3.63) is 64.4 Å². The monoisotopic (exact) mass is 619 g/mol. The number of alkyl halides is 2. The number of hydrogen-bond acceptors (Lipinski definition) is 4. The van der Waals surface area contributed by atoms with Crippen LogP contribution < -0.4 is 4.74 Å². The zero-order chi connectivity index (χ0) is 31.9. The number of ether oxygens (including phenoxy) is 2. The van der Waals surface area contributed by atoms with Crippen molar-refractivity contribution in [1.29, 1.82) is 0 Å². The molecular formula is C33H48F2N3O4P. The molecular weight excluding hydrogens is 571 g/mol. The zero-order valence-corrected chi connectivity index (χ0v) is 27.9. The SMILES string of the molecule is CC.CCN1C(=O)N2Cc3cc(C)cc(OC)c3C(C)C=C2C12CCN(C(=O)OC)CC2.FC(F)(P)CC1=CCCC=C1. The van der Waals surface area contributed by atoms with Gasteiger partial charge in [0.1, 0.15) is 5.75 Å². The number of piperidine rings is 1. The van der Waals surface area contributed by atoms with Gasteiger partial charge in [-0.2, -0.15) is 0 Å². The molecule has 3 amide bonds. The van der Waals surface area contributed by atoms with Crippen molar-refractivity contribution in [3.63, 3.8) is 0 Å². The highest BCUT2D eigenvalue weighted by atomic mass is 31.0. The molecule has 0 N–H and O–H groups in total. The van der Waals surface area contributed by atoms with Gasteiger partial charge in [-0.15, -0.1) is 0 Å². The van der Waals surface area contributed by atoms with Crippen LogP contribution in [0.5, 0.6) is 5.75 Å². The highest BCUT2D eigenvalue weighted by Crippen LogP contribution is 2.48. The molecule has 1 aliphatic carbocycles. The number of benzene rings is 1. The Hall–Kier alpha value is -2.93. The predicted molar refractivity (Wildman–Crippen MR) is 171 cm³/mol. The number of urea groups is 1. The van der Waals surface area contributed by atoms with E-state index in [-0.39, 0.29) is 30.0 Å². The molecule has 0 saturated carbocycles. The number of amides is 3. The van der Waals surface area contributed by atoms with Gasteiger partial charge in [0.2, 0.25) is 0 Å². The summed E-state index contributed by atoms with van der Waals surface area (Å²) in [5.74, 6) is 1.00. The number of rotatable bonds is 4.